The van der Waals surface area contributed by atoms with Gasteiger partial charge in [0.2, 0.25) is 5.91 Å². The summed E-state index contributed by atoms with van der Waals surface area (Å²) in [6, 6.07) is 0. The first-order valence-corrected chi connectivity index (χ1v) is 3.45. The summed E-state index contributed by atoms with van der Waals surface area (Å²) in [6.45, 7) is 2.16. The Balaban J connectivity index is 3.53. The highest BCUT2D eigenvalue weighted by atomic mass is 16.1. The van der Waals surface area contributed by atoms with E-state index in [0.717, 1.165) is 0 Å². The van der Waals surface area contributed by atoms with Crippen LogP contribution in [-0.2, 0) is 4.79 Å². The molecule has 1 amide bonds. The van der Waals surface area contributed by atoms with Crippen molar-refractivity contribution in [3.63, 3.8) is 0 Å². The molecule has 0 saturated carbocycles. The Labute approximate surface area is 67.2 Å². The first-order valence-electron chi connectivity index (χ1n) is 3.45. The topological polar surface area (TPSA) is 55.1 Å². The molecule has 0 aromatic heterocycles. The molecule has 0 fully saturated rings. The lowest BCUT2D eigenvalue weighted by molar-refractivity contribution is -0.896. The Hall–Kier alpha value is -0.870. The molecule has 0 aliphatic rings. The third kappa shape index (κ3) is 9.13. The maximum absolute atomic E-state index is 10.4. The van der Waals surface area contributed by atoms with Crippen molar-refractivity contribution in [2.24, 2.45) is 5.84 Å². The van der Waals surface area contributed by atoms with E-state index in [1.54, 1.807) is 6.20 Å². The zero-order valence-corrected chi connectivity index (χ0v) is 7.29. The number of carbonyl (C=O) groups excluding carboxylic acids is 1. The van der Waals surface area contributed by atoms with E-state index in [1.165, 1.54) is 6.92 Å². The van der Waals surface area contributed by atoms with Gasteiger partial charge >= 0.3 is 0 Å². The Morgan fingerprint density at radius 3 is 2.55 bits per heavy atom. The van der Waals surface area contributed by atoms with Crippen LogP contribution in [0.2, 0.25) is 0 Å². The molecule has 4 nitrogen and oxygen atoms in total. The first kappa shape index (κ1) is 10.1. The number of nitrogens with one attached hydrogen (secondary N) is 1. The van der Waals surface area contributed by atoms with Gasteiger partial charge in [-0.2, -0.15) is 5.84 Å². The number of quaternary nitrogens is 1. The van der Waals surface area contributed by atoms with Gasteiger partial charge in [-0.15, -0.1) is 0 Å². The maximum Gasteiger partial charge on any atom is 0.220 e. The van der Waals surface area contributed by atoms with E-state index in [-0.39, 0.29) is 5.91 Å². The van der Waals surface area contributed by atoms with Crippen molar-refractivity contribution in [3.05, 3.63) is 12.3 Å². The molecule has 0 radical (unpaired) electrons. The summed E-state index contributed by atoms with van der Waals surface area (Å²) in [4.78, 5) is 10.4. The Morgan fingerprint density at radius 2 is 2.18 bits per heavy atom. The molecular weight excluding hydrogens is 142 g/mol. The van der Waals surface area contributed by atoms with Crippen LogP contribution in [0.15, 0.2) is 12.3 Å². The fraction of sp³-hybridized carbons (Fsp3) is 0.571. The quantitative estimate of drug-likeness (QED) is 0.333. The van der Waals surface area contributed by atoms with Crippen LogP contribution in [0.4, 0.5) is 0 Å². The molecule has 0 unspecified atom stereocenters. The van der Waals surface area contributed by atoms with Crippen molar-refractivity contribution in [2.45, 2.75) is 6.92 Å². The second-order valence-electron chi connectivity index (χ2n) is 3.06. The second-order valence-corrected chi connectivity index (χ2v) is 3.06. The summed E-state index contributed by atoms with van der Waals surface area (Å²) < 4.78 is 0.371. The van der Waals surface area contributed by atoms with Gasteiger partial charge in [-0.1, -0.05) is 0 Å². The van der Waals surface area contributed by atoms with Crippen LogP contribution in [0.1, 0.15) is 6.92 Å². The van der Waals surface area contributed by atoms with Gasteiger partial charge in [0.05, 0.1) is 14.1 Å². The fourth-order valence-electron chi connectivity index (χ4n) is 0.501. The lowest BCUT2D eigenvalue weighted by Crippen LogP contribution is -2.46. The van der Waals surface area contributed by atoms with E-state index >= 15 is 0 Å². The molecule has 0 saturated heterocycles. The van der Waals surface area contributed by atoms with Crippen LogP contribution in [0.3, 0.4) is 0 Å². The molecule has 0 aliphatic heterocycles. The van der Waals surface area contributed by atoms with Gasteiger partial charge < -0.3 is 5.32 Å². The average molecular weight is 158 g/mol. The van der Waals surface area contributed by atoms with E-state index in [0.29, 0.717) is 11.1 Å². The summed E-state index contributed by atoms with van der Waals surface area (Å²) >= 11 is 0. The fourth-order valence-corrected chi connectivity index (χ4v) is 0.501. The number of nitrogens with two attached hydrogens (primary N) is 1. The number of nitrogens with zero attached hydrogens (tertiary/aromatic N) is 1. The van der Waals surface area contributed by atoms with Crippen molar-refractivity contribution in [2.75, 3.05) is 20.6 Å². The Morgan fingerprint density at radius 1 is 1.64 bits per heavy atom. The predicted molar refractivity (Wildman–Crippen MR) is 44.1 cm³/mol. The lowest BCUT2D eigenvalue weighted by atomic mass is 10.5. The van der Waals surface area contributed by atoms with Crippen molar-refractivity contribution >= 4 is 5.91 Å². The zero-order chi connectivity index (χ0) is 8.91. The van der Waals surface area contributed by atoms with Crippen LogP contribution < -0.4 is 11.2 Å². The first-order chi connectivity index (χ1) is 4.92. The van der Waals surface area contributed by atoms with Gasteiger partial charge in [-0.25, -0.2) is 4.59 Å². The number of carbonyl (C=O) groups is 1. The van der Waals surface area contributed by atoms with Gasteiger partial charge in [0.25, 0.3) is 0 Å². The van der Waals surface area contributed by atoms with E-state index in [1.807, 2.05) is 20.2 Å². The van der Waals surface area contributed by atoms with Crippen molar-refractivity contribution < 1.29 is 9.39 Å². The Kier molecular flexibility index (Phi) is 3.78. The van der Waals surface area contributed by atoms with E-state index in [4.69, 9.17) is 5.84 Å². The summed E-state index contributed by atoms with van der Waals surface area (Å²) in [5.41, 5.74) is 0. The molecule has 64 valence electrons. The molecule has 0 heterocycles. The molecule has 0 spiro atoms. The monoisotopic (exact) mass is 158 g/mol. The molecule has 3 N–H and O–H groups in total. The molecule has 0 aliphatic carbocycles. The van der Waals surface area contributed by atoms with Gasteiger partial charge in [0.1, 0.15) is 6.54 Å². The molecule has 11 heavy (non-hydrogen) atoms. The van der Waals surface area contributed by atoms with E-state index < -0.39 is 0 Å². The zero-order valence-electron chi connectivity index (χ0n) is 7.29. The SMILES string of the molecule is CC(=O)NC=CC[N+](C)(C)N. The van der Waals surface area contributed by atoms with Crippen LogP contribution in [0, 0.1) is 0 Å². The number of rotatable bonds is 3. The molecule has 4 heteroatoms. The molecule has 0 atom stereocenters. The lowest BCUT2D eigenvalue weighted by Gasteiger charge is -2.19. The highest BCUT2D eigenvalue weighted by molar-refractivity contribution is 5.73. The summed E-state index contributed by atoms with van der Waals surface area (Å²) in [7, 11) is 3.75. The van der Waals surface area contributed by atoms with Gasteiger partial charge in [-0.05, 0) is 6.08 Å². The van der Waals surface area contributed by atoms with Gasteiger partial charge in [0, 0.05) is 13.1 Å². The predicted octanol–water partition coefficient (Wildman–Crippen LogP) is -0.414. The third-order valence-electron chi connectivity index (χ3n) is 0.980. The molecule has 0 rings (SSSR count). The minimum absolute atomic E-state index is 0.0661. The van der Waals surface area contributed by atoms with Gasteiger partial charge in [0.15, 0.2) is 0 Å². The minimum atomic E-state index is -0.0661. The van der Waals surface area contributed by atoms with Crippen molar-refractivity contribution in [1.82, 2.24) is 5.32 Å². The molecule has 0 aromatic carbocycles. The molecule has 0 aromatic rings. The highest BCUT2D eigenvalue weighted by Crippen LogP contribution is 1.83. The maximum atomic E-state index is 10.4. The second kappa shape index (κ2) is 4.10. The number of hydrogen-bond acceptors (Lipinski definition) is 2. The molecule has 0 bridgehead atoms. The van der Waals surface area contributed by atoms with Crippen LogP contribution in [0.5, 0.6) is 0 Å². The largest absolute Gasteiger partial charge is 0.333 e. The minimum Gasteiger partial charge on any atom is -0.333 e. The average Bonchev–Trinajstić information content (AvgIpc) is 1.78. The molecular formula is C7H16N3O+. The number of amides is 1. The van der Waals surface area contributed by atoms with Crippen LogP contribution >= 0.6 is 0 Å². The van der Waals surface area contributed by atoms with E-state index in [9.17, 15) is 4.79 Å². The van der Waals surface area contributed by atoms with Crippen molar-refractivity contribution in [1.29, 1.82) is 0 Å². The number of hydrogen-bond donors (Lipinski definition) is 2. The summed E-state index contributed by atoms with van der Waals surface area (Å²) in [6.07, 6.45) is 3.43. The smallest absolute Gasteiger partial charge is 0.220 e. The third-order valence-corrected chi connectivity index (χ3v) is 0.980. The Bertz CT molecular complexity index is 158. The summed E-state index contributed by atoms with van der Waals surface area (Å²) in [5.74, 6) is 5.56. The standard InChI is InChI=1S/C7H15N3O/c1-7(11)9-5-4-6-10(2,3)8/h4-5H,6,8H2,1-3H3/p+1. The normalized spacial score (nSPS) is 12.0. The van der Waals surface area contributed by atoms with Crippen LogP contribution in [0.25, 0.3) is 0 Å². The van der Waals surface area contributed by atoms with Crippen LogP contribution in [-0.4, -0.2) is 31.1 Å². The number of likely N-dealkylation sites (N-methyl/N-ethyl adjacent to an activating group) is 1. The van der Waals surface area contributed by atoms with E-state index in [2.05, 4.69) is 5.32 Å². The van der Waals surface area contributed by atoms with Crippen molar-refractivity contribution in [3.8, 4) is 0 Å². The highest BCUT2D eigenvalue weighted by Gasteiger charge is 2.02. The van der Waals surface area contributed by atoms with Gasteiger partial charge in [-0.3, -0.25) is 4.79 Å². The summed E-state index contributed by atoms with van der Waals surface area (Å²) in [5, 5.41) is 2.53.